The number of aliphatic carboxylic acids is 1. The third-order valence-electron chi connectivity index (χ3n) is 4.10. The van der Waals surface area contributed by atoms with Gasteiger partial charge >= 0.3 is 5.97 Å². The average molecular weight is 257 g/mol. The van der Waals surface area contributed by atoms with Crippen molar-refractivity contribution in [1.29, 1.82) is 0 Å². The van der Waals surface area contributed by atoms with Crippen molar-refractivity contribution < 1.29 is 9.90 Å². The zero-order valence-electron chi connectivity index (χ0n) is 11.9. The van der Waals surface area contributed by atoms with Crippen molar-refractivity contribution in [2.45, 2.75) is 44.7 Å². The molecule has 0 radical (unpaired) electrons. The molecule has 1 aliphatic heterocycles. The van der Waals surface area contributed by atoms with E-state index in [4.69, 9.17) is 10.8 Å². The Balaban J connectivity index is 2.33. The van der Waals surface area contributed by atoms with E-state index in [1.165, 1.54) is 12.8 Å². The van der Waals surface area contributed by atoms with Crippen LogP contribution in [0.3, 0.4) is 0 Å². The molecule has 0 saturated carbocycles. The highest BCUT2D eigenvalue weighted by atomic mass is 16.4. The first-order chi connectivity index (χ1) is 8.36. The lowest BCUT2D eigenvalue weighted by Gasteiger charge is -2.37. The molecule has 5 nitrogen and oxygen atoms in total. The van der Waals surface area contributed by atoms with Gasteiger partial charge in [0, 0.05) is 12.6 Å². The van der Waals surface area contributed by atoms with E-state index in [-0.39, 0.29) is 0 Å². The van der Waals surface area contributed by atoms with Gasteiger partial charge in [-0.1, -0.05) is 6.92 Å². The fourth-order valence-electron chi connectivity index (χ4n) is 2.37. The van der Waals surface area contributed by atoms with Crippen LogP contribution in [0.1, 0.15) is 33.1 Å². The lowest BCUT2D eigenvalue weighted by atomic mass is 9.97. The predicted molar refractivity (Wildman–Crippen MR) is 72.6 cm³/mol. The molecule has 1 saturated heterocycles. The first kappa shape index (κ1) is 15.4. The van der Waals surface area contributed by atoms with Crippen molar-refractivity contribution in [2.75, 3.05) is 33.2 Å². The first-order valence-electron chi connectivity index (χ1n) is 6.81. The summed E-state index contributed by atoms with van der Waals surface area (Å²) >= 11 is 0. The van der Waals surface area contributed by atoms with Gasteiger partial charge in [0.05, 0.1) is 0 Å². The summed E-state index contributed by atoms with van der Waals surface area (Å²) in [6.45, 7) is 7.93. The molecule has 0 aromatic carbocycles. The Kier molecular flexibility index (Phi) is 5.56. The van der Waals surface area contributed by atoms with Crippen molar-refractivity contribution >= 4 is 5.97 Å². The maximum atomic E-state index is 10.9. The van der Waals surface area contributed by atoms with Crippen LogP contribution >= 0.6 is 0 Å². The molecule has 18 heavy (non-hydrogen) atoms. The van der Waals surface area contributed by atoms with Crippen molar-refractivity contribution in [3.63, 3.8) is 0 Å². The molecule has 5 heteroatoms. The third-order valence-corrected chi connectivity index (χ3v) is 4.10. The summed E-state index contributed by atoms with van der Waals surface area (Å²) in [4.78, 5) is 15.7. The molecule has 1 aliphatic rings. The van der Waals surface area contributed by atoms with Crippen molar-refractivity contribution in [2.24, 2.45) is 5.73 Å². The summed E-state index contributed by atoms with van der Waals surface area (Å²) in [5, 5.41) is 8.98. The van der Waals surface area contributed by atoms with Crippen molar-refractivity contribution in [3.05, 3.63) is 0 Å². The quantitative estimate of drug-likeness (QED) is 0.729. The summed E-state index contributed by atoms with van der Waals surface area (Å²) in [6.07, 6.45) is 2.82. The van der Waals surface area contributed by atoms with Crippen LogP contribution in [0.4, 0.5) is 0 Å². The van der Waals surface area contributed by atoms with Gasteiger partial charge in [-0.2, -0.15) is 0 Å². The zero-order valence-corrected chi connectivity index (χ0v) is 11.9. The van der Waals surface area contributed by atoms with Crippen LogP contribution in [0, 0.1) is 0 Å². The molecule has 106 valence electrons. The first-order valence-corrected chi connectivity index (χ1v) is 6.81. The second kappa shape index (κ2) is 6.50. The minimum absolute atomic E-state index is 0.493. The van der Waals surface area contributed by atoms with Gasteiger partial charge < -0.3 is 20.6 Å². The Morgan fingerprint density at radius 2 is 2.06 bits per heavy atom. The van der Waals surface area contributed by atoms with Crippen LogP contribution in [0.2, 0.25) is 0 Å². The van der Waals surface area contributed by atoms with E-state index in [1.807, 2.05) is 0 Å². The highest BCUT2D eigenvalue weighted by molar-refractivity contribution is 5.77. The molecule has 0 aromatic rings. The number of carbonyl (C=O) groups is 1. The van der Waals surface area contributed by atoms with Crippen LogP contribution in [0.5, 0.6) is 0 Å². The molecule has 1 atom stereocenters. The number of carboxylic acids is 1. The van der Waals surface area contributed by atoms with Gasteiger partial charge in [0.15, 0.2) is 0 Å². The minimum atomic E-state index is -1.11. The Hall–Kier alpha value is -0.650. The van der Waals surface area contributed by atoms with Crippen molar-refractivity contribution in [3.8, 4) is 0 Å². The highest BCUT2D eigenvalue weighted by Gasteiger charge is 2.29. The topological polar surface area (TPSA) is 69.8 Å². The molecule has 3 N–H and O–H groups in total. The zero-order chi connectivity index (χ0) is 13.8. The normalized spacial score (nSPS) is 22.1. The fraction of sp³-hybridized carbons (Fsp3) is 0.923. The van der Waals surface area contributed by atoms with Gasteiger partial charge in [0.1, 0.15) is 5.54 Å². The standard InChI is InChI=1S/C13H27N3O2/c1-4-16-8-5-11(6-9-16)15(3)10-7-13(2,14)12(17)18/h11H,4-10,14H2,1-3H3,(H,17,18). The SMILES string of the molecule is CCN1CCC(N(C)CCC(C)(N)C(=O)O)CC1. The lowest BCUT2D eigenvalue weighted by molar-refractivity contribution is -0.143. The average Bonchev–Trinajstić information content (AvgIpc) is 2.36. The summed E-state index contributed by atoms with van der Waals surface area (Å²) in [5.74, 6) is -0.920. The van der Waals surface area contributed by atoms with Gasteiger partial charge in [-0.15, -0.1) is 0 Å². The third kappa shape index (κ3) is 4.23. The Morgan fingerprint density at radius 1 is 1.50 bits per heavy atom. The fourth-order valence-corrected chi connectivity index (χ4v) is 2.37. The molecule has 1 fully saturated rings. The van der Waals surface area contributed by atoms with Crippen LogP contribution in [-0.4, -0.2) is 65.7 Å². The Morgan fingerprint density at radius 3 is 2.50 bits per heavy atom. The smallest absolute Gasteiger partial charge is 0.323 e. The summed E-state index contributed by atoms with van der Waals surface area (Å²) in [6, 6.07) is 0.567. The second-order valence-corrected chi connectivity index (χ2v) is 5.62. The molecule has 0 amide bonds. The van der Waals surface area contributed by atoms with Crippen LogP contribution < -0.4 is 5.73 Å². The number of nitrogens with zero attached hydrogens (tertiary/aromatic N) is 2. The minimum Gasteiger partial charge on any atom is -0.480 e. The number of nitrogens with two attached hydrogens (primary N) is 1. The van der Waals surface area contributed by atoms with Crippen LogP contribution in [0.25, 0.3) is 0 Å². The molecule has 0 spiro atoms. The molecular weight excluding hydrogens is 230 g/mol. The van der Waals surface area contributed by atoms with E-state index >= 15 is 0 Å². The van der Waals surface area contributed by atoms with Gasteiger partial charge in [-0.25, -0.2) is 0 Å². The number of hydrogen-bond acceptors (Lipinski definition) is 4. The monoisotopic (exact) mass is 257 g/mol. The molecule has 1 rings (SSSR count). The van der Waals surface area contributed by atoms with E-state index in [0.29, 0.717) is 12.5 Å². The highest BCUT2D eigenvalue weighted by Crippen LogP contribution is 2.16. The largest absolute Gasteiger partial charge is 0.480 e. The number of carboxylic acid groups (broad SMARTS) is 1. The van der Waals surface area contributed by atoms with Gasteiger partial charge in [0.2, 0.25) is 0 Å². The molecule has 0 bridgehead atoms. The molecule has 1 unspecified atom stereocenters. The van der Waals surface area contributed by atoms with Gasteiger partial charge in [-0.3, -0.25) is 4.79 Å². The Labute approximate surface area is 110 Å². The molecule has 0 aromatic heterocycles. The Bertz CT molecular complexity index is 273. The number of piperidine rings is 1. The second-order valence-electron chi connectivity index (χ2n) is 5.62. The van der Waals surface area contributed by atoms with E-state index < -0.39 is 11.5 Å². The molecular formula is C13H27N3O2. The van der Waals surface area contributed by atoms with Gasteiger partial charge in [-0.05, 0) is 52.9 Å². The summed E-state index contributed by atoms with van der Waals surface area (Å²) in [7, 11) is 2.07. The number of likely N-dealkylation sites (tertiary alicyclic amines) is 1. The van der Waals surface area contributed by atoms with E-state index in [0.717, 1.165) is 26.2 Å². The summed E-state index contributed by atoms with van der Waals surface area (Å²) in [5.41, 5.74) is 4.63. The maximum Gasteiger partial charge on any atom is 0.323 e. The maximum absolute atomic E-state index is 10.9. The predicted octanol–water partition coefficient (Wildman–Crippen LogP) is 0.595. The van der Waals surface area contributed by atoms with E-state index in [9.17, 15) is 4.79 Å². The van der Waals surface area contributed by atoms with Crippen LogP contribution in [-0.2, 0) is 4.79 Å². The number of rotatable bonds is 6. The lowest BCUT2D eigenvalue weighted by Crippen LogP contribution is -2.49. The van der Waals surface area contributed by atoms with E-state index in [1.54, 1.807) is 6.92 Å². The molecule has 0 aliphatic carbocycles. The van der Waals surface area contributed by atoms with E-state index in [2.05, 4.69) is 23.8 Å². The molecule has 1 heterocycles. The van der Waals surface area contributed by atoms with Gasteiger partial charge in [0.25, 0.3) is 0 Å². The summed E-state index contributed by atoms with van der Waals surface area (Å²) < 4.78 is 0. The van der Waals surface area contributed by atoms with Crippen molar-refractivity contribution in [1.82, 2.24) is 9.80 Å². The number of hydrogen-bond donors (Lipinski definition) is 2. The van der Waals surface area contributed by atoms with Crippen LogP contribution in [0.15, 0.2) is 0 Å².